The third-order valence-electron chi connectivity index (χ3n) is 2.72. The normalized spacial score (nSPS) is 9.75. The minimum Gasteiger partial charge on any atom is -0.370 e. The maximum atomic E-state index is 11.0. The van der Waals surface area contributed by atoms with Crippen molar-refractivity contribution in [1.82, 2.24) is 0 Å². The number of carbonyl (C=O) groups excluding carboxylic acids is 1. The number of amides is 1. The van der Waals surface area contributed by atoms with Crippen molar-refractivity contribution in [2.75, 3.05) is 6.16 Å². The van der Waals surface area contributed by atoms with E-state index in [0.29, 0.717) is 6.42 Å². The van der Waals surface area contributed by atoms with Crippen LogP contribution in [0.1, 0.15) is 20.3 Å². The van der Waals surface area contributed by atoms with E-state index in [0.717, 1.165) is 6.16 Å². The highest BCUT2D eigenvalue weighted by Gasteiger charge is 2.13. The zero-order valence-electron chi connectivity index (χ0n) is 12.1. The fourth-order valence-electron chi connectivity index (χ4n) is 1.85. The Balaban J connectivity index is 0.000000956. The van der Waals surface area contributed by atoms with Gasteiger partial charge in [0.15, 0.2) is 0 Å². The Labute approximate surface area is 122 Å². The molecule has 2 aromatic carbocycles. The minimum absolute atomic E-state index is 0.227. The van der Waals surface area contributed by atoms with E-state index < -0.39 is 7.92 Å². The Hall–Kier alpha value is -1.66. The van der Waals surface area contributed by atoms with E-state index in [1.165, 1.54) is 10.6 Å². The van der Waals surface area contributed by atoms with Crippen molar-refractivity contribution in [3.05, 3.63) is 60.7 Å². The lowest BCUT2D eigenvalue weighted by Gasteiger charge is -2.17. The van der Waals surface area contributed by atoms with Crippen molar-refractivity contribution < 1.29 is 4.79 Å². The summed E-state index contributed by atoms with van der Waals surface area (Å²) in [6.07, 6.45) is 1.26. The van der Waals surface area contributed by atoms with E-state index in [2.05, 4.69) is 24.3 Å². The van der Waals surface area contributed by atoms with Crippen molar-refractivity contribution in [2.24, 2.45) is 5.73 Å². The first-order chi connectivity index (χ1) is 9.77. The van der Waals surface area contributed by atoms with Crippen molar-refractivity contribution in [2.45, 2.75) is 20.3 Å². The number of carbonyl (C=O) groups is 1. The predicted octanol–water partition coefficient (Wildman–Crippen LogP) is 3.02. The van der Waals surface area contributed by atoms with Gasteiger partial charge in [0, 0.05) is 6.42 Å². The van der Waals surface area contributed by atoms with Gasteiger partial charge in [-0.1, -0.05) is 74.5 Å². The van der Waals surface area contributed by atoms with E-state index in [4.69, 9.17) is 5.73 Å². The molecule has 2 nitrogen and oxygen atoms in total. The number of rotatable bonds is 5. The van der Waals surface area contributed by atoms with Crippen LogP contribution < -0.4 is 16.3 Å². The van der Waals surface area contributed by atoms with Crippen molar-refractivity contribution in [3.63, 3.8) is 0 Å². The van der Waals surface area contributed by atoms with Crippen LogP contribution in [0.25, 0.3) is 0 Å². The van der Waals surface area contributed by atoms with E-state index in [1.807, 2.05) is 50.2 Å². The molecule has 2 N–H and O–H groups in total. The third kappa shape index (κ3) is 5.14. The lowest BCUT2D eigenvalue weighted by atomic mass is 10.4. The monoisotopic (exact) mass is 287 g/mol. The molecule has 0 aliphatic heterocycles. The van der Waals surface area contributed by atoms with Gasteiger partial charge in [-0.3, -0.25) is 4.79 Å². The van der Waals surface area contributed by atoms with Gasteiger partial charge in [0.1, 0.15) is 0 Å². The van der Waals surface area contributed by atoms with Crippen LogP contribution in [0.4, 0.5) is 0 Å². The molecular formula is C17H22NOP. The number of primary amides is 1. The molecule has 0 radical (unpaired) electrons. The average Bonchev–Trinajstić information content (AvgIpc) is 2.51. The van der Waals surface area contributed by atoms with Crippen LogP contribution in [0.15, 0.2) is 60.7 Å². The number of hydrogen-bond donors (Lipinski definition) is 1. The van der Waals surface area contributed by atoms with Crippen molar-refractivity contribution in [1.29, 1.82) is 0 Å². The Morgan fingerprint density at radius 3 is 1.65 bits per heavy atom. The standard InChI is InChI=1S/C15H16NOP.C2H6/c16-15(17)11-12-18(13-7-3-1-4-8-13)14-9-5-2-6-10-14;1-2/h1-10H,11-12H2,(H2,16,17);1-2H3. The molecule has 1 amide bonds. The first-order valence-corrected chi connectivity index (χ1v) is 8.46. The Kier molecular flexibility index (Phi) is 7.60. The maximum absolute atomic E-state index is 11.0. The zero-order chi connectivity index (χ0) is 14.8. The molecule has 0 unspecified atom stereocenters. The lowest BCUT2D eigenvalue weighted by Crippen LogP contribution is -2.18. The largest absolute Gasteiger partial charge is 0.370 e. The van der Waals surface area contributed by atoms with Crippen LogP contribution in [-0.4, -0.2) is 12.1 Å². The van der Waals surface area contributed by atoms with Gasteiger partial charge in [0.05, 0.1) is 0 Å². The molecule has 0 fully saturated rings. The Morgan fingerprint density at radius 2 is 1.30 bits per heavy atom. The lowest BCUT2D eigenvalue weighted by molar-refractivity contribution is -0.117. The van der Waals surface area contributed by atoms with Gasteiger partial charge in [-0.25, -0.2) is 0 Å². The molecule has 0 aliphatic carbocycles. The van der Waals surface area contributed by atoms with Crippen LogP contribution in [0.2, 0.25) is 0 Å². The fraction of sp³-hybridized carbons (Fsp3) is 0.235. The minimum atomic E-state index is -0.484. The summed E-state index contributed by atoms with van der Waals surface area (Å²) in [5.74, 6) is -0.227. The quantitative estimate of drug-likeness (QED) is 0.844. The average molecular weight is 287 g/mol. The number of hydrogen-bond acceptors (Lipinski definition) is 1. The van der Waals surface area contributed by atoms with E-state index in [9.17, 15) is 4.79 Å². The molecule has 0 heterocycles. The highest BCUT2D eigenvalue weighted by Crippen LogP contribution is 2.33. The molecular weight excluding hydrogens is 265 g/mol. The molecule has 2 aromatic rings. The third-order valence-corrected chi connectivity index (χ3v) is 5.23. The number of benzene rings is 2. The van der Waals surface area contributed by atoms with Gasteiger partial charge in [0.2, 0.25) is 5.91 Å². The second kappa shape index (κ2) is 9.28. The van der Waals surface area contributed by atoms with Crippen LogP contribution in [0.3, 0.4) is 0 Å². The molecule has 0 aliphatic rings. The Bertz CT molecular complexity index is 459. The molecule has 0 spiro atoms. The predicted molar refractivity (Wildman–Crippen MR) is 89.1 cm³/mol. The maximum Gasteiger partial charge on any atom is 0.217 e. The molecule has 3 heteroatoms. The summed E-state index contributed by atoms with van der Waals surface area (Å²) in [5.41, 5.74) is 5.27. The van der Waals surface area contributed by atoms with Crippen LogP contribution in [0, 0.1) is 0 Å². The van der Waals surface area contributed by atoms with Crippen LogP contribution >= 0.6 is 7.92 Å². The first-order valence-electron chi connectivity index (χ1n) is 6.93. The van der Waals surface area contributed by atoms with E-state index in [-0.39, 0.29) is 5.91 Å². The molecule has 0 atom stereocenters. The molecule has 106 valence electrons. The molecule has 0 bridgehead atoms. The zero-order valence-corrected chi connectivity index (χ0v) is 13.0. The van der Waals surface area contributed by atoms with E-state index in [1.54, 1.807) is 0 Å². The second-order valence-corrected chi connectivity index (χ2v) is 6.38. The molecule has 2 rings (SSSR count). The van der Waals surface area contributed by atoms with Gasteiger partial charge in [-0.05, 0) is 24.7 Å². The summed E-state index contributed by atoms with van der Waals surface area (Å²) in [7, 11) is -0.484. The second-order valence-electron chi connectivity index (χ2n) is 4.04. The topological polar surface area (TPSA) is 43.1 Å². The van der Waals surface area contributed by atoms with Crippen LogP contribution in [0.5, 0.6) is 0 Å². The van der Waals surface area contributed by atoms with Gasteiger partial charge in [-0.15, -0.1) is 0 Å². The molecule has 0 saturated carbocycles. The van der Waals surface area contributed by atoms with Crippen molar-refractivity contribution in [3.8, 4) is 0 Å². The highest BCUT2D eigenvalue weighted by atomic mass is 31.1. The molecule has 20 heavy (non-hydrogen) atoms. The number of nitrogens with two attached hydrogens (primary N) is 1. The van der Waals surface area contributed by atoms with E-state index >= 15 is 0 Å². The summed E-state index contributed by atoms with van der Waals surface area (Å²) in [4.78, 5) is 11.0. The SMILES string of the molecule is CC.NC(=O)CCP(c1ccccc1)c1ccccc1. The summed E-state index contributed by atoms with van der Waals surface area (Å²) in [6, 6.07) is 20.7. The smallest absolute Gasteiger partial charge is 0.217 e. The Morgan fingerprint density at radius 1 is 0.900 bits per heavy atom. The highest BCUT2D eigenvalue weighted by molar-refractivity contribution is 7.73. The van der Waals surface area contributed by atoms with Crippen molar-refractivity contribution >= 4 is 24.4 Å². The fourth-order valence-corrected chi connectivity index (χ4v) is 4.17. The first kappa shape index (κ1) is 16.4. The summed E-state index contributed by atoms with van der Waals surface area (Å²) < 4.78 is 0. The summed E-state index contributed by atoms with van der Waals surface area (Å²) in [5, 5.41) is 2.58. The van der Waals surface area contributed by atoms with Gasteiger partial charge in [-0.2, -0.15) is 0 Å². The van der Waals surface area contributed by atoms with Gasteiger partial charge in [0.25, 0.3) is 0 Å². The summed E-state index contributed by atoms with van der Waals surface area (Å²) in [6.45, 7) is 4.00. The van der Waals surface area contributed by atoms with Gasteiger partial charge >= 0.3 is 0 Å². The van der Waals surface area contributed by atoms with Crippen LogP contribution in [-0.2, 0) is 4.79 Å². The summed E-state index contributed by atoms with van der Waals surface area (Å²) >= 11 is 0. The molecule has 0 aromatic heterocycles. The van der Waals surface area contributed by atoms with Gasteiger partial charge < -0.3 is 5.73 Å². The molecule has 0 saturated heterocycles.